The Morgan fingerprint density at radius 2 is 1.79 bits per heavy atom. The number of para-hydroxylation sites is 2. The maximum absolute atomic E-state index is 12.9. The average Bonchev–Trinajstić information content (AvgIpc) is 3.01. The van der Waals surface area contributed by atoms with Crippen LogP contribution in [0.2, 0.25) is 0 Å². The molecule has 3 N–H and O–H groups in total. The lowest BCUT2D eigenvalue weighted by Gasteiger charge is -2.11. The second-order valence-electron chi connectivity index (χ2n) is 5.81. The Morgan fingerprint density at radius 3 is 2.46 bits per heavy atom. The van der Waals surface area contributed by atoms with Gasteiger partial charge in [-0.1, -0.05) is 24.3 Å². The topological polar surface area (TPSA) is 107 Å². The van der Waals surface area contributed by atoms with Gasteiger partial charge in [-0.05, 0) is 24.3 Å². The first-order valence-corrected chi connectivity index (χ1v) is 7.91. The highest BCUT2D eigenvalue weighted by Gasteiger charge is 2.39. The molecular formula is C17H11F3N6O2. The van der Waals surface area contributed by atoms with Crippen LogP contribution in [0.25, 0.3) is 22.4 Å². The molecule has 8 nitrogen and oxygen atoms in total. The van der Waals surface area contributed by atoms with E-state index >= 15 is 0 Å². The summed E-state index contributed by atoms with van der Waals surface area (Å²) in [6, 6.07) is 12.6. The highest BCUT2D eigenvalue weighted by atomic mass is 19.4. The van der Waals surface area contributed by atoms with Crippen molar-refractivity contribution in [3.63, 3.8) is 0 Å². The second kappa shape index (κ2) is 6.08. The first-order valence-electron chi connectivity index (χ1n) is 7.91. The fraction of sp³-hybridized carbons (Fsp3) is 0.0588. The molecule has 1 amide bonds. The first-order chi connectivity index (χ1) is 13.3. The lowest BCUT2D eigenvalue weighted by molar-refractivity contribution is -0.167. The van der Waals surface area contributed by atoms with Gasteiger partial charge in [0.05, 0.1) is 16.9 Å². The molecule has 0 atom stereocenters. The minimum absolute atomic E-state index is 0.0423. The number of nitrogens with zero attached hydrogens (tertiary/aromatic N) is 4. The Labute approximate surface area is 154 Å². The van der Waals surface area contributed by atoms with Gasteiger partial charge in [0.1, 0.15) is 5.52 Å². The molecule has 4 rings (SSSR count). The third kappa shape index (κ3) is 2.73. The molecule has 28 heavy (non-hydrogen) atoms. The van der Waals surface area contributed by atoms with Gasteiger partial charge >= 0.3 is 17.8 Å². The number of benzene rings is 2. The summed E-state index contributed by atoms with van der Waals surface area (Å²) in [4.78, 5) is 28.2. The summed E-state index contributed by atoms with van der Waals surface area (Å²) in [5.41, 5.74) is 5.67. The minimum atomic E-state index is -5.08. The number of rotatable bonds is 2. The Kier molecular flexibility index (Phi) is 3.80. The van der Waals surface area contributed by atoms with Gasteiger partial charge in [-0.15, -0.1) is 5.10 Å². The standard InChI is InChI=1S/C17H11F3N6O2/c18-17(19,20)15(27)22-10-7-4-8-11-12(10)23-13(21)14-24-26(16(28)25(11)14)9-5-2-1-3-6-9/h1-8H,(H2,21,23)(H,22,27). The van der Waals surface area contributed by atoms with Crippen molar-refractivity contribution in [2.45, 2.75) is 6.18 Å². The number of amides is 1. The summed E-state index contributed by atoms with van der Waals surface area (Å²) in [5.74, 6) is -2.33. The third-order valence-corrected chi connectivity index (χ3v) is 4.00. The monoisotopic (exact) mass is 388 g/mol. The SMILES string of the molecule is Nc1nc2c(NC(=O)C(F)(F)F)cccc2n2c(=O)n(-c3ccccc3)nc12. The molecule has 0 aliphatic rings. The molecule has 2 heterocycles. The lowest BCUT2D eigenvalue weighted by atomic mass is 10.2. The zero-order valence-electron chi connectivity index (χ0n) is 13.9. The molecule has 0 radical (unpaired) electrons. The molecule has 0 fully saturated rings. The van der Waals surface area contributed by atoms with Gasteiger partial charge in [0, 0.05) is 0 Å². The number of hydrogen-bond acceptors (Lipinski definition) is 5. The summed E-state index contributed by atoms with van der Waals surface area (Å²) in [6.07, 6.45) is -5.08. The summed E-state index contributed by atoms with van der Waals surface area (Å²) in [7, 11) is 0. The van der Waals surface area contributed by atoms with Crippen LogP contribution in [0.4, 0.5) is 24.7 Å². The number of nitrogens with two attached hydrogens (primary N) is 1. The number of hydrogen-bond donors (Lipinski definition) is 2. The predicted molar refractivity (Wildman–Crippen MR) is 95.2 cm³/mol. The van der Waals surface area contributed by atoms with E-state index in [-0.39, 0.29) is 28.2 Å². The molecule has 2 aromatic carbocycles. The molecule has 0 unspecified atom stereocenters. The van der Waals surface area contributed by atoms with Crippen LogP contribution in [0.5, 0.6) is 0 Å². The number of carbonyl (C=O) groups excluding carboxylic acids is 1. The lowest BCUT2D eigenvalue weighted by Crippen LogP contribution is -2.30. The van der Waals surface area contributed by atoms with Gasteiger partial charge in [0.2, 0.25) is 5.65 Å². The van der Waals surface area contributed by atoms with Crippen LogP contribution in [-0.2, 0) is 4.79 Å². The fourth-order valence-corrected chi connectivity index (χ4v) is 2.78. The number of carbonyl (C=O) groups is 1. The normalized spacial score (nSPS) is 11.8. The van der Waals surface area contributed by atoms with E-state index in [2.05, 4.69) is 10.1 Å². The van der Waals surface area contributed by atoms with Crippen molar-refractivity contribution < 1.29 is 18.0 Å². The van der Waals surface area contributed by atoms with Crippen LogP contribution in [-0.4, -0.2) is 31.2 Å². The van der Waals surface area contributed by atoms with Crippen LogP contribution in [0.15, 0.2) is 53.3 Å². The van der Waals surface area contributed by atoms with E-state index in [0.29, 0.717) is 5.69 Å². The quantitative estimate of drug-likeness (QED) is 0.547. The van der Waals surface area contributed by atoms with Gasteiger partial charge in [-0.25, -0.2) is 14.2 Å². The molecule has 0 aliphatic carbocycles. The van der Waals surface area contributed by atoms with E-state index in [1.165, 1.54) is 18.2 Å². The molecule has 0 spiro atoms. The number of nitrogen functional groups attached to an aromatic ring is 1. The molecular weight excluding hydrogens is 377 g/mol. The molecule has 11 heteroatoms. The molecule has 0 saturated carbocycles. The summed E-state index contributed by atoms with van der Waals surface area (Å²) in [6.45, 7) is 0. The molecule has 4 aromatic rings. The Bertz CT molecular complexity index is 1280. The molecule has 0 saturated heterocycles. The van der Waals surface area contributed by atoms with E-state index in [0.717, 1.165) is 9.08 Å². The van der Waals surface area contributed by atoms with Gasteiger partial charge < -0.3 is 11.1 Å². The van der Waals surface area contributed by atoms with Gasteiger partial charge in [0.25, 0.3) is 0 Å². The van der Waals surface area contributed by atoms with Crippen molar-refractivity contribution in [3.05, 3.63) is 59.0 Å². The number of anilines is 2. The van der Waals surface area contributed by atoms with Gasteiger partial charge in [-0.3, -0.25) is 4.79 Å². The van der Waals surface area contributed by atoms with Crippen LogP contribution in [0, 0.1) is 0 Å². The molecule has 2 aromatic heterocycles. The number of alkyl halides is 3. The fourth-order valence-electron chi connectivity index (χ4n) is 2.78. The summed E-state index contributed by atoms with van der Waals surface area (Å²) >= 11 is 0. The summed E-state index contributed by atoms with van der Waals surface area (Å²) in [5, 5.41) is 5.92. The first kappa shape index (κ1) is 17.5. The van der Waals surface area contributed by atoms with Crippen molar-refractivity contribution in [1.82, 2.24) is 19.2 Å². The zero-order valence-corrected chi connectivity index (χ0v) is 13.9. The highest BCUT2D eigenvalue weighted by molar-refractivity contribution is 6.02. The van der Waals surface area contributed by atoms with E-state index in [1.807, 2.05) is 0 Å². The maximum atomic E-state index is 12.9. The molecule has 0 bridgehead atoms. The highest BCUT2D eigenvalue weighted by Crippen LogP contribution is 2.26. The van der Waals surface area contributed by atoms with Crippen molar-refractivity contribution in [2.24, 2.45) is 0 Å². The van der Waals surface area contributed by atoms with Crippen LogP contribution >= 0.6 is 0 Å². The third-order valence-electron chi connectivity index (χ3n) is 4.00. The van der Waals surface area contributed by atoms with Crippen molar-refractivity contribution in [2.75, 3.05) is 11.1 Å². The van der Waals surface area contributed by atoms with Crippen molar-refractivity contribution in [3.8, 4) is 5.69 Å². The van der Waals surface area contributed by atoms with E-state index in [9.17, 15) is 22.8 Å². The van der Waals surface area contributed by atoms with Crippen molar-refractivity contribution >= 4 is 34.1 Å². The van der Waals surface area contributed by atoms with E-state index in [4.69, 9.17) is 5.73 Å². The number of fused-ring (bicyclic) bond motifs is 3. The van der Waals surface area contributed by atoms with Crippen LogP contribution < -0.4 is 16.7 Å². The smallest absolute Gasteiger partial charge is 0.381 e. The average molecular weight is 388 g/mol. The Hall–Kier alpha value is -3.89. The molecule has 0 aliphatic heterocycles. The van der Waals surface area contributed by atoms with Gasteiger partial charge in [-0.2, -0.15) is 17.9 Å². The Morgan fingerprint density at radius 1 is 1.07 bits per heavy atom. The van der Waals surface area contributed by atoms with E-state index in [1.54, 1.807) is 35.6 Å². The van der Waals surface area contributed by atoms with Crippen LogP contribution in [0.1, 0.15) is 0 Å². The largest absolute Gasteiger partial charge is 0.471 e. The summed E-state index contributed by atoms with van der Waals surface area (Å²) < 4.78 is 40.0. The number of aromatic nitrogens is 4. The van der Waals surface area contributed by atoms with Crippen molar-refractivity contribution in [1.29, 1.82) is 0 Å². The van der Waals surface area contributed by atoms with Crippen LogP contribution in [0.3, 0.4) is 0 Å². The minimum Gasteiger partial charge on any atom is -0.381 e. The molecule has 142 valence electrons. The van der Waals surface area contributed by atoms with E-state index < -0.39 is 17.8 Å². The maximum Gasteiger partial charge on any atom is 0.471 e. The number of nitrogens with one attached hydrogen (secondary N) is 1. The zero-order chi connectivity index (χ0) is 20.1. The van der Waals surface area contributed by atoms with Gasteiger partial charge in [0.15, 0.2) is 5.82 Å². The predicted octanol–water partition coefficient (Wildman–Crippen LogP) is 2.12. The Balaban J connectivity index is 1.98. The second-order valence-corrected chi connectivity index (χ2v) is 5.81. The number of halogens is 3.